The van der Waals surface area contributed by atoms with Crippen molar-refractivity contribution in [3.8, 4) is 11.5 Å². The van der Waals surface area contributed by atoms with Gasteiger partial charge in [-0.3, -0.25) is 14.5 Å². The van der Waals surface area contributed by atoms with Crippen LogP contribution in [0.3, 0.4) is 0 Å². The molecule has 2 amide bonds. The van der Waals surface area contributed by atoms with Crippen molar-refractivity contribution in [2.75, 3.05) is 14.2 Å². The molecule has 3 rings (SSSR count). The van der Waals surface area contributed by atoms with Crippen LogP contribution in [0.25, 0.3) is 0 Å². The van der Waals surface area contributed by atoms with Crippen LogP contribution in [0, 0.1) is 5.82 Å². The van der Waals surface area contributed by atoms with Crippen LogP contribution < -0.4 is 9.47 Å². The van der Waals surface area contributed by atoms with Gasteiger partial charge in [0.15, 0.2) is 11.5 Å². The lowest BCUT2D eigenvalue weighted by Gasteiger charge is -2.15. The zero-order valence-electron chi connectivity index (χ0n) is 14.7. The maximum absolute atomic E-state index is 13.0. The normalized spacial score (nSPS) is 16.7. The first-order chi connectivity index (χ1) is 12.9. The van der Waals surface area contributed by atoms with Crippen LogP contribution >= 0.6 is 27.7 Å². The number of rotatable bonds is 6. The minimum absolute atomic E-state index is 0.133. The number of benzene rings is 2. The van der Waals surface area contributed by atoms with Crippen molar-refractivity contribution in [3.63, 3.8) is 0 Å². The SMILES string of the molecule is COc1cc(Br)c(C[C@H]2SC(=O)N(Cc3ccc(F)cc3)C2=O)cc1OC. The Morgan fingerprint density at radius 3 is 2.37 bits per heavy atom. The largest absolute Gasteiger partial charge is 0.493 e. The number of halogens is 2. The third-order valence-corrected chi connectivity index (χ3v) is 6.03. The van der Waals surface area contributed by atoms with E-state index in [1.165, 1.54) is 17.0 Å². The Morgan fingerprint density at radius 2 is 1.74 bits per heavy atom. The summed E-state index contributed by atoms with van der Waals surface area (Å²) in [7, 11) is 3.09. The van der Waals surface area contributed by atoms with Crippen molar-refractivity contribution in [1.82, 2.24) is 4.90 Å². The number of nitrogens with zero attached hydrogens (tertiary/aromatic N) is 1. The van der Waals surface area contributed by atoms with E-state index >= 15 is 0 Å². The predicted octanol–water partition coefficient (Wildman–Crippen LogP) is 4.41. The Bertz CT molecular complexity index is 875. The molecule has 0 saturated carbocycles. The summed E-state index contributed by atoms with van der Waals surface area (Å²) in [5.41, 5.74) is 1.54. The Kier molecular flexibility index (Phi) is 6.06. The molecule has 0 aromatic heterocycles. The van der Waals surface area contributed by atoms with Gasteiger partial charge in [-0.2, -0.15) is 0 Å². The molecule has 0 bridgehead atoms. The second-order valence-corrected chi connectivity index (χ2v) is 7.93. The minimum atomic E-state index is -0.521. The Labute approximate surface area is 169 Å². The zero-order chi connectivity index (χ0) is 19.6. The van der Waals surface area contributed by atoms with Gasteiger partial charge in [0.25, 0.3) is 5.24 Å². The second-order valence-electron chi connectivity index (χ2n) is 5.93. The first-order valence-electron chi connectivity index (χ1n) is 8.09. The second kappa shape index (κ2) is 8.31. The van der Waals surface area contributed by atoms with E-state index in [1.54, 1.807) is 38.5 Å². The number of thioether (sulfide) groups is 1. The molecule has 1 heterocycles. The topological polar surface area (TPSA) is 55.8 Å². The average molecular weight is 454 g/mol. The molecule has 0 spiro atoms. The third-order valence-electron chi connectivity index (χ3n) is 4.22. The van der Waals surface area contributed by atoms with E-state index in [0.29, 0.717) is 23.5 Å². The highest BCUT2D eigenvalue weighted by molar-refractivity contribution is 9.10. The molecule has 8 heteroatoms. The van der Waals surface area contributed by atoms with E-state index in [2.05, 4.69) is 15.9 Å². The number of methoxy groups -OCH3 is 2. The van der Waals surface area contributed by atoms with Crippen molar-refractivity contribution in [1.29, 1.82) is 0 Å². The Hall–Kier alpha value is -2.06. The molecule has 0 aliphatic carbocycles. The molecule has 142 valence electrons. The van der Waals surface area contributed by atoms with Crippen LogP contribution in [0.4, 0.5) is 9.18 Å². The maximum Gasteiger partial charge on any atom is 0.289 e. The fourth-order valence-corrected chi connectivity index (χ4v) is 4.30. The van der Waals surface area contributed by atoms with Crippen LogP contribution in [-0.4, -0.2) is 35.5 Å². The predicted molar refractivity (Wildman–Crippen MR) is 105 cm³/mol. The number of hydrogen-bond donors (Lipinski definition) is 0. The van der Waals surface area contributed by atoms with E-state index in [9.17, 15) is 14.0 Å². The number of ether oxygens (including phenoxy) is 2. The lowest BCUT2D eigenvalue weighted by Crippen LogP contribution is -2.31. The van der Waals surface area contributed by atoms with E-state index in [0.717, 1.165) is 21.8 Å². The van der Waals surface area contributed by atoms with Crippen molar-refractivity contribution < 1.29 is 23.5 Å². The van der Waals surface area contributed by atoms with Crippen LogP contribution in [0.15, 0.2) is 40.9 Å². The molecule has 0 N–H and O–H groups in total. The summed E-state index contributed by atoms with van der Waals surface area (Å²) < 4.78 is 24.4. The maximum atomic E-state index is 13.0. The molecular formula is C19H17BrFNO4S. The molecule has 2 aromatic carbocycles. The molecule has 1 atom stereocenters. The van der Waals surface area contributed by atoms with Crippen molar-refractivity contribution >= 4 is 38.8 Å². The molecule has 0 radical (unpaired) electrons. The van der Waals surface area contributed by atoms with Gasteiger partial charge >= 0.3 is 0 Å². The Morgan fingerprint density at radius 1 is 1.11 bits per heavy atom. The smallest absolute Gasteiger partial charge is 0.289 e. The average Bonchev–Trinajstić information content (AvgIpc) is 2.92. The van der Waals surface area contributed by atoms with E-state index in [-0.39, 0.29) is 23.5 Å². The van der Waals surface area contributed by atoms with Gasteiger partial charge < -0.3 is 9.47 Å². The molecule has 1 aliphatic heterocycles. The quantitative estimate of drug-likeness (QED) is 0.647. The van der Waals surface area contributed by atoms with Gasteiger partial charge in [-0.25, -0.2) is 4.39 Å². The number of carbonyl (C=O) groups excluding carboxylic acids is 2. The lowest BCUT2D eigenvalue weighted by atomic mass is 10.1. The van der Waals surface area contributed by atoms with Crippen LogP contribution in [0.1, 0.15) is 11.1 Å². The van der Waals surface area contributed by atoms with Gasteiger partial charge in [0, 0.05) is 4.47 Å². The van der Waals surface area contributed by atoms with Crippen LogP contribution in [-0.2, 0) is 17.8 Å². The monoisotopic (exact) mass is 453 g/mol. The van der Waals surface area contributed by atoms with Gasteiger partial charge in [-0.15, -0.1) is 0 Å². The molecule has 1 saturated heterocycles. The van der Waals surface area contributed by atoms with Crippen molar-refractivity contribution in [3.05, 3.63) is 57.8 Å². The highest BCUT2D eigenvalue weighted by Gasteiger charge is 2.39. The molecule has 1 aliphatic rings. The Balaban J connectivity index is 1.76. The molecule has 0 unspecified atom stereocenters. The summed E-state index contributed by atoms with van der Waals surface area (Å²) in [5.74, 6) is 0.521. The number of hydrogen-bond acceptors (Lipinski definition) is 5. The number of carbonyl (C=O) groups is 2. The lowest BCUT2D eigenvalue weighted by molar-refractivity contribution is -0.127. The summed E-state index contributed by atoms with van der Waals surface area (Å²) >= 11 is 4.48. The van der Waals surface area contributed by atoms with E-state index < -0.39 is 5.25 Å². The minimum Gasteiger partial charge on any atom is -0.493 e. The standard InChI is InChI=1S/C19H17BrFNO4S/c1-25-15-7-12(14(20)9-16(15)26-2)8-17-18(23)22(19(24)27-17)10-11-3-5-13(21)6-4-11/h3-7,9,17H,8,10H2,1-2H3/t17-/m1/s1. The highest BCUT2D eigenvalue weighted by atomic mass is 79.9. The van der Waals surface area contributed by atoms with Gasteiger partial charge in [-0.05, 0) is 41.8 Å². The number of imide groups is 1. The van der Waals surface area contributed by atoms with E-state index in [4.69, 9.17) is 9.47 Å². The van der Waals surface area contributed by atoms with Crippen LogP contribution in [0.5, 0.6) is 11.5 Å². The first-order valence-corrected chi connectivity index (χ1v) is 9.77. The van der Waals surface area contributed by atoms with E-state index in [1.807, 2.05) is 0 Å². The number of amides is 2. The summed E-state index contributed by atoms with van der Waals surface area (Å²) in [5, 5.41) is -0.821. The highest BCUT2D eigenvalue weighted by Crippen LogP contribution is 2.37. The van der Waals surface area contributed by atoms with Crippen molar-refractivity contribution in [2.24, 2.45) is 0 Å². The molecule has 27 heavy (non-hydrogen) atoms. The summed E-state index contributed by atoms with van der Waals surface area (Å²) in [4.78, 5) is 26.2. The molecular weight excluding hydrogens is 437 g/mol. The van der Waals surface area contributed by atoms with Gasteiger partial charge in [0.2, 0.25) is 5.91 Å². The summed E-state index contributed by atoms with van der Waals surface area (Å²) in [6.45, 7) is 0.133. The van der Waals surface area contributed by atoms with Gasteiger partial charge in [0.05, 0.1) is 26.0 Å². The fourth-order valence-electron chi connectivity index (χ4n) is 2.80. The zero-order valence-corrected chi connectivity index (χ0v) is 17.1. The molecule has 2 aromatic rings. The first kappa shape index (κ1) is 19.7. The summed E-state index contributed by atoms with van der Waals surface area (Å²) in [6, 6.07) is 9.33. The molecule has 1 fully saturated rings. The molecule has 5 nitrogen and oxygen atoms in total. The fraction of sp³-hybridized carbons (Fsp3) is 0.263. The van der Waals surface area contributed by atoms with Crippen molar-refractivity contribution in [2.45, 2.75) is 18.2 Å². The van der Waals surface area contributed by atoms with Crippen LogP contribution in [0.2, 0.25) is 0 Å². The summed E-state index contributed by atoms with van der Waals surface area (Å²) in [6.07, 6.45) is 0.371. The third kappa shape index (κ3) is 4.27. The van der Waals surface area contributed by atoms with Gasteiger partial charge in [-0.1, -0.05) is 39.8 Å². The van der Waals surface area contributed by atoms with Gasteiger partial charge in [0.1, 0.15) is 5.82 Å².